The first-order chi connectivity index (χ1) is 13.3. The lowest BCUT2D eigenvalue weighted by molar-refractivity contribution is 0.113. The smallest absolute Gasteiger partial charge is 0.132 e. The molecule has 2 aromatic carbocycles. The predicted molar refractivity (Wildman–Crippen MR) is 106 cm³/mol. The van der Waals surface area contributed by atoms with Crippen LogP contribution in [-0.2, 0) is 0 Å². The summed E-state index contributed by atoms with van der Waals surface area (Å²) in [7, 11) is 0. The molecule has 140 valence electrons. The van der Waals surface area contributed by atoms with E-state index in [4.69, 9.17) is 0 Å². The van der Waals surface area contributed by atoms with Crippen molar-refractivity contribution >= 4 is 0 Å². The summed E-state index contributed by atoms with van der Waals surface area (Å²) >= 11 is 0. The number of aromatic nitrogens is 2. The van der Waals surface area contributed by atoms with Gasteiger partial charge >= 0.3 is 0 Å². The molecule has 3 aromatic rings. The van der Waals surface area contributed by atoms with Gasteiger partial charge in [0.15, 0.2) is 0 Å². The Morgan fingerprint density at radius 3 is 2.41 bits per heavy atom. The van der Waals surface area contributed by atoms with Gasteiger partial charge in [-0.1, -0.05) is 49.4 Å². The summed E-state index contributed by atoms with van der Waals surface area (Å²) in [6.45, 7) is 7.34. The molecule has 1 aliphatic heterocycles. The number of H-pyrrole nitrogens is 1. The fraction of sp³-hybridized carbons (Fsp3) is 0.318. The Balaban J connectivity index is 1.75. The van der Waals surface area contributed by atoms with E-state index in [0.29, 0.717) is 5.56 Å². The van der Waals surface area contributed by atoms with Crippen LogP contribution in [0.2, 0.25) is 0 Å². The second kappa shape index (κ2) is 8.03. The first kappa shape index (κ1) is 17.9. The summed E-state index contributed by atoms with van der Waals surface area (Å²) < 4.78 is 14.5. The van der Waals surface area contributed by atoms with Gasteiger partial charge < -0.3 is 4.90 Å². The highest BCUT2D eigenvalue weighted by molar-refractivity contribution is 5.65. The summed E-state index contributed by atoms with van der Waals surface area (Å²) in [6, 6.07) is 17.4. The maximum absolute atomic E-state index is 14.5. The van der Waals surface area contributed by atoms with E-state index >= 15 is 0 Å². The minimum atomic E-state index is -0.231. The van der Waals surface area contributed by atoms with Crippen LogP contribution in [0, 0.1) is 5.82 Å². The normalized spacial score (nSPS) is 17.1. The average molecular weight is 364 g/mol. The molecule has 2 heterocycles. The zero-order valence-corrected chi connectivity index (χ0v) is 15.6. The summed E-state index contributed by atoms with van der Waals surface area (Å²) in [5.41, 5.74) is 3.57. The molecular weight excluding hydrogens is 339 g/mol. The van der Waals surface area contributed by atoms with Crippen LogP contribution in [0.15, 0.2) is 60.8 Å². The Kier molecular flexibility index (Phi) is 5.32. The Morgan fingerprint density at radius 2 is 1.70 bits per heavy atom. The summed E-state index contributed by atoms with van der Waals surface area (Å²) in [4.78, 5) is 4.95. The standard InChI is InChI=1S/C22H25FN4/c1-2-26-12-14-27(15-13-26)22(17-8-4-3-5-9-17)19-16-24-25-21(19)18-10-6-7-11-20(18)23/h3-11,16,22H,2,12-15H2,1H3,(H,24,25). The number of hydrogen-bond donors (Lipinski definition) is 1. The lowest BCUT2D eigenvalue weighted by Crippen LogP contribution is -2.47. The van der Waals surface area contributed by atoms with Crippen molar-refractivity contribution in [2.45, 2.75) is 13.0 Å². The topological polar surface area (TPSA) is 35.2 Å². The molecular formula is C22H25FN4. The number of piperazine rings is 1. The van der Waals surface area contributed by atoms with Crippen LogP contribution in [0.25, 0.3) is 11.3 Å². The fourth-order valence-corrected chi connectivity index (χ4v) is 3.94. The molecule has 1 aliphatic rings. The third-order valence-corrected chi connectivity index (χ3v) is 5.44. The molecule has 4 rings (SSSR count). The average Bonchev–Trinajstić information content (AvgIpc) is 3.19. The maximum atomic E-state index is 14.5. The molecule has 1 atom stereocenters. The van der Waals surface area contributed by atoms with Crippen molar-refractivity contribution < 1.29 is 4.39 Å². The van der Waals surface area contributed by atoms with Gasteiger partial charge in [-0.15, -0.1) is 0 Å². The number of aromatic amines is 1. The van der Waals surface area contributed by atoms with Crippen LogP contribution in [0.5, 0.6) is 0 Å². The molecule has 1 saturated heterocycles. The van der Waals surface area contributed by atoms with Crippen molar-refractivity contribution in [1.82, 2.24) is 20.0 Å². The zero-order valence-electron chi connectivity index (χ0n) is 15.6. The van der Waals surface area contributed by atoms with Gasteiger partial charge in [0.2, 0.25) is 0 Å². The first-order valence-corrected chi connectivity index (χ1v) is 9.57. The highest BCUT2D eigenvalue weighted by Crippen LogP contribution is 2.35. The van der Waals surface area contributed by atoms with E-state index in [1.165, 1.54) is 11.6 Å². The lowest BCUT2D eigenvalue weighted by atomic mass is 9.94. The summed E-state index contributed by atoms with van der Waals surface area (Å²) in [5.74, 6) is -0.231. The molecule has 0 amide bonds. The third-order valence-electron chi connectivity index (χ3n) is 5.44. The van der Waals surface area contributed by atoms with Gasteiger partial charge in [0.25, 0.3) is 0 Å². The number of nitrogens with zero attached hydrogens (tertiary/aromatic N) is 3. The minimum Gasteiger partial charge on any atom is -0.301 e. The predicted octanol–water partition coefficient (Wildman–Crippen LogP) is 3.94. The Hall–Kier alpha value is -2.50. The molecule has 27 heavy (non-hydrogen) atoms. The van der Waals surface area contributed by atoms with Crippen LogP contribution in [-0.4, -0.2) is 52.7 Å². The van der Waals surface area contributed by atoms with Crippen LogP contribution in [0.1, 0.15) is 24.1 Å². The van der Waals surface area contributed by atoms with Crippen molar-refractivity contribution in [3.05, 3.63) is 77.7 Å². The van der Waals surface area contributed by atoms with Crippen molar-refractivity contribution in [3.8, 4) is 11.3 Å². The number of halogens is 1. The van der Waals surface area contributed by atoms with Gasteiger partial charge in [0.05, 0.1) is 17.9 Å². The molecule has 1 unspecified atom stereocenters. The zero-order chi connectivity index (χ0) is 18.6. The highest BCUT2D eigenvalue weighted by atomic mass is 19.1. The largest absolute Gasteiger partial charge is 0.301 e. The third kappa shape index (κ3) is 3.66. The van der Waals surface area contributed by atoms with Crippen LogP contribution in [0.3, 0.4) is 0 Å². The number of likely N-dealkylation sites (N-methyl/N-ethyl adjacent to an activating group) is 1. The molecule has 1 fully saturated rings. The van der Waals surface area contributed by atoms with E-state index in [2.05, 4.69) is 51.2 Å². The van der Waals surface area contributed by atoms with Gasteiger partial charge in [0.1, 0.15) is 5.82 Å². The van der Waals surface area contributed by atoms with Crippen LogP contribution in [0.4, 0.5) is 4.39 Å². The number of benzene rings is 2. The van der Waals surface area contributed by atoms with E-state index < -0.39 is 0 Å². The SMILES string of the molecule is CCN1CCN(C(c2ccccc2)c2cn[nH]c2-c2ccccc2F)CC1. The number of hydrogen-bond acceptors (Lipinski definition) is 3. The summed E-state index contributed by atoms with van der Waals surface area (Å²) in [5, 5.41) is 7.33. The number of rotatable bonds is 5. The molecule has 1 N–H and O–H groups in total. The highest BCUT2D eigenvalue weighted by Gasteiger charge is 2.29. The monoisotopic (exact) mass is 364 g/mol. The van der Waals surface area contributed by atoms with E-state index in [1.807, 2.05) is 24.4 Å². The molecule has 0 aliphatic carbocycles. The van der Waals surface area contributed by atoms with Gasteiger partial charge in [-0.25, -0.2) is 4.39 Å². The van der Waals surface area contributed by atoms with Gasteiger partial charge in [0, 0.05) is 37.3 Å². The van der Waals surface area contributed by atoms with Crippen molar-refractivity contribution in [2.75, 3.05) is 32.7 Å². The molecule has 1 aromatic heterocycles. The van der Waals surface area contributed by atoms with E-state index in [-0.39, 0.29) is 11.9 Å². The van der Waals surface area contributed by atoms with Crippen LogP contribution >= 0.6 is 0 Å². The Morgan fingerprint density at radius 1 is 1.00 bits per heavy atom. The van der Waals surface area contributed by atoms with E-state index in [9.17, 15) is 4.39 Å². The maximum Gasteiger partial charge on any atom is 0.132 e. The van der Waals surface area contributed by atoms with Gasteiger partial charge in [-0.2, -0.15) is 5.10 Å². The molecule has 0 radical (unpaired) electrons. The molecule has 0 spiro atoms. The lowest BCUT2D eigenvalue weighted by Gasteiger charge is -2.39. The second-order valence-corrected chi connectivity index (χ2v) is 6.96. The van der Waals surface area contributed by atoms with E-state index in [0.717, 1.165) is 44.0 Å². The second-order valence-electron chi connectivity index (χ2n) is 6.96. The van der Waals surface area contributed by atoms with Crippen molar-refractivity contribution in [2.24, 2.45) is 0 Å². The quantitative estimate of drug-likeness (QED) is 0.745. The Bertz CT molecular complexity index is 869. The summed E-state index contributed by atoms with van der Waals surface area (Å²) in [6.07, 6.45) is 1.85. The first-order valence-electron chi connectivity index (χ1n) is 9.57. The molecule has 4 nitrogen and oxygen atoms in total. The van der Waals surface area contributed by atoms with Crippen LogP contribution < -0.4 is 0 Å². The molecule has 5 heteroatoms. The van der Waals surface area contributed by atoms with Crippen molar-refractivity contribution in [3.63, 3.8) is 0 Å². The van der Waals surface area contributed by atoms with Gasteiger partial charge in [-0.05, 0) is 24.2 Å². The van der Waals surface area contributed by atoms with Gasteiger partial charge in [-0.3, -0.25) is 10.00 Å². The number of nitrogens with one attached hydrogen (secondary N) is 1. The molecule has 0 bridgehead atoms. The molecule has 0 saturated carbocycles. The minimum absolute atomic E-state index is 0.0542. The van der Waals surface area contributed by atoms with E-state index in [1.54, 1.807) is 6.07 Å². The van der Waals surface area contributed by atoms with Crippen molar-refractivity contribution in [1.29, 1.82) is 0 Å². The fourth-order valence-electron chi connectivity index (χ4n) is 3.94. The Labute approximate surface area is 159 Å².